The molecule has 1 aromatic heterocycles. The summed E-state index contributed by atoms with van der Waals surface area (Å²) in [6.07, 6.45) is 7.50. The number of rotatable bonds is 7. The Morgan fingerprint density at radius 1 is 1.03 bits per heavy atom. The molecular weight excluding hydrogens is 380 g/mol. The molecule has 0 spiro atoms. The van der Waals surface area contributed by atoms with Gasteiger partial charge in [0.15, 0.2) is 0 Å². The third kappa shape index (κ3) is 4.89. The number of para-hydroxylation sites is 1. The zero-order valence-electron chi connectivity index (χ0n) is 17.4. The molecule has 1 aliphatic carbocycles. The van der Waals surface area contributed by atoms with Gasteiger partial charge in [-0.25, -0.2) is 4.98 Å². The lowest BCUT2D eigenvalue weighted by molar-refractivity contribution is -0.131. The van der Waals surface area contributed by atoms with Gasteiger partial charge in [0.1, 0.15) is 5.82 Å². The van der Waals surface area contributed by atoms with Crippen LogP contribution in [0.25, 0.3) is 10.9 Å². The highest BCUT2D eigenvalue weighted by molar-refractivity contribution is 5.79. The molecule has 0 atom stereocenters. The number of carbonyl (C=O) groups excluding carboxylic acids is 2. The summed E-state index contributed by atoms with van der Waals surface area (Å²) >= 11 is 0. The fourth-order valence-electron chi connectivity index (χ4n) is 4.18. The second-order valence-electron chi connectivity index (χ2n) is 8.35. The van der Waals surface area contributed by atoms with Crippen molar-refractivity contribution in [2.45, 2.75) is 63.8 Å². The van der Waals surface area contributed by atoms with E-state index in [1.165, 1.54) is 12.8 Å². The lowest BCUT2D eigenvalue weighted by atomic mass is 10.2. The van der Waals surface area contributed by atoms with Crippen LogP contribution in [0, 0.1) is 0 Å². The number of aryl methyl sites for hydroxylation is 1. The molecule has 0 unspecified atom stereocenters. The maximum absolute atomic E-state index is 12.9. The molecule has 2 heterocycles. The van der Waals surface area contributed by atoms with Crippen LogP contribution < -0.4 is 10.9 Å². The van der Waals surface area contributed by atoms with Gasteiger partial charge in [0, 0.05) is 44.9 Å². The third-order valence-electron chi connectivity index (χ3n) is 5.99. The fourth-order valence-corrected chi connectivity index (χ4v) is 4.18. The lowest BCUT2D eigenvalue weighted by Gasteiger charge is -2.20. The first kappa shape index (κ1) is 20.6. The maximum atomic E-state index is 12.9. The highest BCUT2D eigenvalue weighted by Crippen LogP contribution is 2.34. The van der Waals surface area contributed by atoms with E-state index in [0.29, 0.717) is 36.1 Å². The van der Waals surface area contributed by atoms with Crippen LogP contribution in [-0.4, -0.2) is 45.9 Å². The van der Waals surface area contributed by atoms with Crippen LogP contribution >= 0.6 is 0 Å². The third-order valence-corrected chi connectivity index (χ3v) is 5.99. The van der Waals surface area contributed by atoms with E-state index in [0.717, 1.165) is 38.8 Å². The van der Waals surface area contributed by atoms with Crippen molar-refractivity contribution < 1.29 is 9.59 Å². The van der Waals surface area contributed by atoms with Gasteiger partial charge < -0.3 is 10.2 Å². The van der Waals surface area contributed by atoms with Crippen molar-refractivity contribution in [1.82, 2.24) is 19.8 Å². The van der Waals surface area contributed by atoms with Gasteiger partial charge in [-0.15, -0.1) is 0 Å². The molecule has 7 heteroatoms. The predicted molar refractivity (Wildman–Crippen MR) is 115 cm³/mol. The lowest BCUT2D eigenvalue weighted by Crippen LogP contribution is -2.35. The van der Waals surface area contributed by atoms with E-state index in [2.05, 4.69) is 10.3 Å². The number of hydrogen-bond donors (Lipinski definition) is 1. The summed E-state index contributed by atoms with van der Waals surface area (Å²) in [5.74, 6) is 0.691. The summed E-state index contributed by atoms with van der Waals surface area (Å²) < 4.78 is 1.78. The topological polar surface area (TPSA) is 84.3 Å². The molecule has 0 bridgehead atoms. The minimum atomic E-state index is -0.108. The van der Waals surface area contributed by atoms with E-state index < -0.39 is 0 Å². The number of nitrogens with zero attached hydrogens (tertiary/aromatic N) is 3. The minimum Gasteiger partial charge on any atom is -0.356 e. The van der Waals surface area contributed by atoms with Gasteiger partial charge in [0.2, 0.25) is 11.8 Å². The molecular formula is C23H30N4O3. The molecule has 1 N–H and O–H groups in total. The molecule has 2 aliphatic rings. The van der Waals surface area contributed by atoms with E-state index in [1.807, 2.05) is 23.1 Å². The summed E-state index contributed by atoms with van der Waals surface area (Å²) in [6, 6.07) is 7.57. The van der Waals surface area contributed by atoms with Crippen molar-refractivity contribution in [1.29, 1.82) is 0 Å². The quantitative estimate of drug-likeness (QED) is 0.760. The van der Waals surface area contributed by atoms with E-state index in [1.54, 1.807) is 10.6 Å². The average molecular weight is 411 g/mol. The van der Waals surface area contributed by atoms with Crippen molar-refractivity contribution in [2.75, 3.05) is 19.6 Å². The molecule has 1 aromatic carbocycles. The Kier molecular flexibility index (Phi) is 6.45. The van der Waals surface area contributed by atoms with Gasteiger partial charge >= 0.3 is 0 Å². The predicted octanol–water partition coefficient (Wildman–Crippen LogP) is 2.57. The number of nitrogens with one attached hydrogen (secondary N) is 1. The Labute approximate surface area is 176 Å². The first-order valence-corrected chi connectivity index (χ1v) is 11.2. The highest BCUT2D eigenvalue weighted by Gasteiger charge is 2.28. The van der Waals surface area contributed by atoms with Crippen molar-refractivity contribution in [3.05, 3.63) is 40.4 Å². The fraction of sp³-hybridized carbons (Fsp3) is 0.565. The van der Waals surface area contributed by atoms with Crippen LogP contribution in [0.1, 0.15) is 63.2 Å². The smallest absolute Gasteiger partial charge is 0.261 e. The van der Waals surface area contributed by atoms with Crippen molar-refractivity contribution in [3.63, 3.8) is 0 Å². The molecule has 30 heavy (non-hydrogen) atoms. The molecule has 4 rings (SSSR count). The van der Waals surface area contributed by atoms with Crippen LogP contribution in [0.5, 0.6) is 0 Å². The normalized spacial score (nSPS) is 17.0. The minimum absolute atomic E-state index is 0.0124. The van der Waals surface area contributed by atoms with Crippen molar-refractivity contribution in [3.8, 4) is 0 Å². The van der Waals surface area contributed by atoms with Crippen LogP contribution in [0.15, 0.2) is 29.1 Å². The summed E-state index contributed by atoms with van der Waals surface area (Å²) in [5.41, 5.74) is 0.666. The molecule has 0 radical (unpaired) electrons. The van der Waals surface area contributed by atoms with Gasteiger partial charge in [-0.05, 0) is 37.8 Å². The Balaban J connectivity index is 1.32. The molecule has 160 valence electrons. The monoisotopic (exact) mass is 410 g/mol. The van der Waals surface area contributed by atoms with Gasteiger partial charge in [-0.2, -0.15) is 0 Å². The van der Waals surface area contributed by atoms with E-state index in [9.17, 15) is 14.4 Å². The zero-order chi connectivity index (χ0) is 20.9. The number of carbonyl (C=O) groups is 2. The second-order valence-corrected chi connectivity index (χ2v) is 8.35. The second kappa shape index (κ2) is 9.41. The Bertz CT molecular complexity index is 972. The van der Waals surface area contributed by atoms with Gasteiger partial charge in [-0.3, -0.25) is 19.0 Å². The molecule has 2 aromatic rings. The highest BCUT2D eigenvalue weighted by atomic mass is 16.2. The molecule has 1 saturated carbocycles. The van der Waals surface area contributed by atoms with Crippen molar-refractivity contribution >= 4 is 22.7 Å². The SMILES string of the molecule is O=C(CCc1nc2ccccc2c(=O)n1C1CC1)NCCC(=O)N1CCCCCC1. The Morgan fingerprint density at radius 3 is 2.50 bits per heavy atom. The summed E-state index contributed by atoms with van der Waals surface area (Å²) in [7, 11) is 0. The molecule has 1 aliphatic heterocycles. The van der Waals surface area contributed by atoms with Crippen LogP contribution in [0.2, 0.25) is 0 Å². The van der Waals surface area contributed by atoms with E-state index in [4.69, 9.17) is 0 Å². The number of fused-ring (bicyclic) bond motifs is 1. The van der Waals surface area contributed by atoms with Crippen LogP contribution in [0.3, 0.4) is 0 Å². The maximum Gasteiger partial charge on any atom is 0.261 e. The molecule has 2 fully saturated rings. The van der Waals surface area contributed by atoms with E-state index in [-0.39, 0.29) is 29.8 Å². The summed E-state index contributed by atoms with van der Waals surface area (Å²) in [4.78, 5) is 44.1. The molecule has 7 nitrogen and oxygen atoms in total. The van der Waals surface area contributed by atoms with Crippen LogP contribution in [0.4, 0.5) is 0 Å². The number of hydrogen-bond acceptors (Lipinski definition) is 4. The number of aromatic nitrogens is 2. The molecule has 1 saturated heterocycles. The Morgan fingerprint density at radius 2 is 1.77 bits per heavy atom. The van der Waals surface area contributed by atoms with Gasteiger partial charge in [-0.1, -0.05) is 25.0 Å². The first-order chi connectivity index (χ1) is 14.6. The zero-order valence-corrected chi connectivity index (χ0v) is 17.4. The van der Waals surface area contributed by atoms with Gasteiger partial charge in [0.05, 0.1) is 10.9 Å². The Hall–Kier alpha value is -2.70. The summed E-state index contributed by atoms with van der Waals surface area (Å²) in [5, 5.41) is 3.48. The average Bonchev–Trinajstić information content (AvgIpc) is 3.59. The number of benzene rings is 1. The van der Waals surface area contributed by atoms with Crippen LogP contribution in [-0.2, 0) is 16.0 Å². The number of amides is 2. The van der Waals surface area contributed by atoms with E-state index >= 15 is 0 Å². The standard InChI is InChI=1S/C23H30N4O3/c28-21(24-14-13-22(29)26-15-5-1-2-6-16-26)12-11-20-25-19-8-4-3-7-18(19)23(30)27(20)17-9-10-17/h3-4,7-8,17H,1-2,5-6,9-16H2,(H,24,28). The largest absolute Gasteiger partial charge is 0.356 e. The molecule has 2 amide bonds. The summed E-state index contributed by atoms with van der Waals surface area (Å²) in [6.45, 7) is 2.02. The van der Waals surface area contributed by atoms with Crippen molar-refractivity contribution in [2.24, 2.45) is 0 Å². The first-order valence-electron chi connectivity index (χ1n) is 11.2. The van der Waals surface area contributed by atoms with Gasteiger partial charge in [0.25, 0.3) is 5.56 Å². The number of likely N-dealkylation sites (tertiary alicyclic amines) is 1.